The molecule has 1 heterocycles. The fourth-order valence-electron chi connectivity index (χ4n) is 2.40. The van der Waals surface area contributed by atoms with Crippen LogP contribution in [0, 0.1) is 0 Å². The molecule has 0 saturated carbocycles. The number of imidazole rings is 1. The molecule has 0 unspecified atom stereocenters. The summed E-state index contributed by atoms with van der Waals surface area (Å²) in [5.41, 5.74) is 3.10. The Morgan fingerprint density at radius 3 is 2.63 bits per heavy atom. The van der Waals surface area contributed by atoms with Crippen LogP contribution in [0.4, 0.5) is 13.2 Å². The number of amides is 1. The van der Waals surface area contributed by atoms with Crippen molar-refractivity contribution >= 4 is 46.4 Å². The third-order valence-electron chi connectivity index (χ3n) is 3.56. The molecule has 5 nitrogen and oxygen atoms in total. The van der Waals surface area contributed by atoms with E-state index in [9.17, 15) is 18.0 Å². The van der Waals surface area contributed by atoms with Crippen LogP contribution < -0.4 is 5.43 Å². The molecule has 0 aliphatic carbocycles. The minimum Gasteiger partial charge on any atom is -0.311 e. The maximum Gasteiger partial charge on any atom is 0.449 e. The van der Waals surface area contributed by atoms with Crippen molar-refractivity contribution in [1.82, 2.24) is 15.0 Å². The van der Waals surface area contributed by atoms with Crippen molar-refractivity contribution in [2.75, 3.05) is 0 Å². The number of nitrogens with one attached hydrogen (secondary N) is 1. The minimum absolute atomic E-state index is 0.150. The van der Waals surface area contributed by atoms with Gasteiger partial charge in [0.05, 0.1) is 27.3 Å². The zero-order chi connectivity index (χ0) is 19.6. The number of carbonyl (C=O) groups excluding carboxylic acids is 1. The zero-order valence-electron chi connectivity index (χ0n) is 13.5. The molecule has 27 heavy (non-hydrogen) atoms. The van der Waals surface area contributed by atoms with E-state index >= 15 is 0 Å². The van der Waals surface area contributed by atoms with E-state index < -0.39 is 24.5 Å². The van der Waals surface area contributed by atoms with Crippen LogP contribution in [0.2, 0.25) is 10.0 Å². The zero-order valence-corrected chi connectivity index (χ0v) is 15.0. The van der Waals surface area contributed by atoms with Gasteiger partial charge in [-0.2, -0.15) is 18.3 Å². The largest absolute Gasteiger partial charge is 0.449 e. The minimum atomic E-state index is -4.69. The highest BCUT2D eigenvalue weighted by molar-refractivity contribution is 6.42. The molecular weight excluding hydrogens is 404 g/mol. The number of nitrogens with zero attached hydrogens (tertiary/aromatic N) is 3. The Bertz CT molecular complexity index is 1030. The van der Waals surface area contributed by atoms with Crippen molar-refractivity contribution in [3.05, 3.63) is 63.9 Å². The lowest BCUT2D eigenvalue weighted by atomic mass is 10.2. The third kappa shape index (κ3) is 4.40. The summed E-state index contributed by atoms with van der Waals surface area (Å²) in [5, 5.41) is 4.40. The number of fused-ring (bicyclic) bond motifs is 1. The SMILES string of the molecule is O=C(Cn1c(C(F)(F)F)nc2ccccc21)N/N=C/c1ccc(Cl)c(Cl)c1. The summed E-state index contributed by atoms with van der Waals surface area (Å²) >= 11 is 11.7. The van der Waals surface area contributed by atoms with Crippen molar-refractivity contribution in [3.8, 4) is 0 Å². The number of hydrogen-bond acceptors (Lipinski definition) is 3. The lowest BCUT2D eigenvalue weighted by Crippen LogP contribution is -2.26. The Morgan fingerprint density at radius 1 is 1.19 bits per heavy atom. The highest BCUT2D eigenvalue weighted by Gasteiger charge is 2.37. The van der Waals surface area contributed by atoms with Crippen LogP contribution in [0.1, 0.15) is 11.4 Å². The lowest BCUT2D eigenvalue weighted by Gasteiger charge is -2.10. The molecule has 2 aromatic carbocycles. The van der Waals surface area contributed by atoms with Gasteiger partial charge in [-0.05, 0) is 29.8 Å². The maximum absolute atomic E-state index is 13.2. The molecule has 1 N–H and O–H groups in total. The predicted molar refractivity (Wildman–Crippen MR) is 96.9 cm³/mol. The number of benzene rings is 2. The molecule has 0 saturated heterocycles. The fraction of sp³-hybridized carbons (Fsp3) is 0.118. The van der Waals surface area contributed by atoms with Crippen LogP contribution in [0.15, 0.2) is 47.6 Å². The molecule has 0 spiro atoms. The fourth-order valence-corrected chi connectivity index (χ4v) is 2.71. The van der Waals surface area contributed by atoms with Gasteiger partial charge in [-0.3, -0.25) is 4.79 Å². The highest BCUT2D eigenvalue weighted by Crippen LogP contribution is 2.31. The molecule has 10 heteroatoms. The molecular formula is C17H11Cl2F3N4O. The van der Waals surface area contributed by atoms with E-state index in [1.807, 2.05) is 0 Å². The monoisotopic (exact) mass is 414 g/mol. The van der Waals surface area contributed by atoms with E-state index in [-0.39, 0.29) is 11.0 Å². The Hall–Kier alpha value is -2.58. The van der Waals surface area contributed by atoms with Crippen LogP contribution in [0.3, 0.4) is 0 Å². The predicted octanol–water partition coefficient (Wildman–Crippen LogP) is 4.51. The molecule has 3 aromatic rings. The number of hydrazone groups is 1. The van der Waals surface area contributed by atoms with Gasteiger partial charge in [0.2, 0.25) is 5.82 Å². The van der Waals surface area contributed by atoms with E-state index in [1.165, 1.54) is 24.4 Å². The molecule has 0 fully saturated rings. The molecule has 3 rings (SSSR count). The van der Waals surface area contributed by atoms with Gasteiger partial charge in [-0.1, -0.05) is 41.4 Å². The number of alkyl halides is 3. The molecule has 0 bridgehead atoms. The molecule has 0 aliphatic heterocycles. The van der Waals surface area contributed by atoms with Crippen LogP contribution in [-0.4, -0.2) is 21.7 Å². The van der Waals surface area contributed by atoms with E-state index in [4.69, 9.17) is 23.2 Å². The molecule has 1 aromatic heterocycles. The number of hydrogen-bond donors (Lipinski definition) is 1. The van der Waals surface area contributed by atoms with Gasteiger partial charge in [0.25, 0.3) is 5.91 Å². The first-order valence-corrected chi connectivity index (χ1v) is 8.31. The van der Waals surface area contributed by atoms with Gasteiger partial charge in [0.15, 0.2) is 0 Å². The van der Waals surface area contributed by atoms with Gasteiger partial charge in [0, 0.05) is 0 Å². The Kier molecular flexibility index (Phi) is 5.38. The summed E-state index contributed by atoms with van der Waals surface area (Å²) in [6, 6.07) is 10.8. The van der Waals surface area contributed by atoms with Crippen LogP contribution in [0.25, 0.3) is 11.0 Å². The summed E-state index contributed by atoms with van der Waals surface area (Å²) in [5.74, 6) is -1.88. The number of carbonyl (C=O) groups is 1. The second-order valence-electron chi connectivity index (χ2n) is 5.47. The average molecular weight is 415 g/mol. The number of rotatable bonds is 4. The Labute approximate surface area is 161 Å². The van der Waals surface area contributed by atoms with E-state index in [2.05, 4.69) is 15.5 Å². The van der Waals surface area contributed by atoms with Gasteiger partial charge >= 0.3 is 6.18 Å². The lowest BCUT2D eigenvalue weighted by molar-refractivity contribution is -0.147. The normalized spacial score (nSPS) is 12.0. The third-order valence-corrected chi connectivity index (χ3v) is 4.30. The maximum atomic E-state index is 13.2. The van der Waals surface area contributed by atoms with Gasteiger partial charge in [0.1, 0.15) is 6.54 Å². The highest BCUT2D eigenvalue weighted by atomic mass is 35.5. The Balaban J connectivity index is 1.77. The summed E-state index contributed by atoms with van der Waals surface area (Å²) in [7, 11) is 0. The van der Waals surface area contributed by atoms with E-state index in [0.717, 1.165) is 4.57 Å². The molecule has 0 atom stereocenters. The molecule has 140 valence electrons. The van der Waals surface area contributed by atoms with Gasteiger partial charge in [-0.25, -0.2) is 10.4 Å². The number of halogens is 5. The van der Waals surface area contributed by atoms with Crippen LogP contribution in [0.5, 0.6) is 0 Å². The first-order chi connectivity index (χ1) is 12.8. The quantitative estimate of drug-likeness (QED) is 0.504. The van der Waals surface area contributed by atoms with E-state index in [1.54, 1.807) is 24.3 Å². The molecule has 1 amide bonds. The summed E-state index contributed by atoms with van der Waals surface area (Å²) in [6.45, 7) is -0.589. The van der Waals surface area contributed by atoms with E-state index in [0.29, 0.717) is 15.6 Å². The van der Waals surface area contributed by atoms with Crippen molar-refractivity contribution in [3.63, 3.8) is 0 Å². The van der Waals surface area contributed by atoms with Crippen molar-refractivity contribution < 1.29 is 18.0 Å². The molecule has 0 radical (unpaired) electrons. The number of aromatic nitrogens is 2. The number of para-hydroxylation sites is 2. The topological polar surface area (TPSA) is 59.3 Å². The van der Waals surface area contributed by atoms with Crippen LogP contribution in [-0.2, 0) is 17.5 Å². The Morgan fingerprint density at radius 2 is 1.93 bits per heavy atom. The second kappa shape index (κ2) is 7.58. The van der Waals surface area contributed by atoms with Gasteiger partial charge < -0.3 is 4.57 Å². The van der Waals surface area contributed by atoms with Crippen molar-refractivity contribution in [1.29, 1.82) is 0 Å². The standard InChI is InChI=1S/C17H11Cl2F3N4O/c18-11-6-5-10(7-12(11)19)8-23-25-15(27)9-26-14-4-2-1-3-13(14)24-16(26)17(20,21)22/h1-8H,9H2,(H,25,27)/b23-8+. The average Bonchev–Trinajstić information content (AvgIpc) is 2.97. The first-order valence-electron chi connectivity index (χ1n) is 7.55. The van der Waals surface area contributed by atoms with Crippen LogP contribution >= 0.6 is 23.2 Å². The first kappa shape index (κ1) is 19.2. The van der Waals surface area contributed by atoms with Crippen molar-refractivity contribution in [2.45, 2.75) is 12.7 Å². The summed E-state index contributed by atoms with van der Waals surface area (Å²) < 4.78 is 40.4. The van der Waals surface area contributed by atoms with Crippen molar-refractivity contribution in [2.24, 2.45) is 5.10 Å². The molecule has 0 aliphatic rings. The van der Waals surface area contributed by atoms with Gasteiger partial charge in [-0.15, -0.1) is 0 Å². The summed E-state index contributed by atoms with van der Waals surface area (Å²) in [4.78, 5) is 15.6. The smallest absolute Gasteiger partial charge is 0.311 e. The summed E-state index contributed by atoms with van der Waals surface area (Å²) in [6.07, 6.45) is -3.39. The second-order valence-corrected chi connectivity index (χ2v) is 6.29.